The quantitative estimate of drug-likeness (QED) is 0.713. The van der Waals surface area contributed by atoms with E-state index in [1.165, 1.54) is 6.42 Å². The van der Waals surface area contributed by atoms with E-state index >= 15 is 0 Å². The molecule has 2 atom stereocenters. The summed E-state index contributed by atoms with van der Waals surface area (Å²) in [4.78, 5) is 3.11. The maximum absolute atomic E-state index is 6.19. The maximum atomic E-state index is 6.19. The van der Waals surface area contributed by atoms with Crippen LogP contribution in [0.5, 0.6) is 0 Å². The Morgan fingerprint density at radius 3 is 2.82 bits per heavy atom. The first kappa shape index (κ1) is 13.7. The minimum atomic E-state index is 0.652. The van der Waals surface area contributed by atoms with Gasteiger partial charge in [0.1, 0.15) is 0 Å². The number of rotatable bonds is 2. The van der Waals surface area contributed by atoms with E-state index in [0.717, 1.165) is 30.2 Å². The van der Waals surface area contributed by atoms with Gasteiger partial charge in [-0.15, -0.1) is 0 Å². The van der Waals surface area contributed by atoms with Crippen LogP contribution in [0.3, 0.4) is 0 Å². The normalized spacial score (nSPS) is 26.1. The van der Waals surface area contributed by atoms with Gasteiger partial charge < -0.3 is 0 Å². The predicted molar refractivity (Wildman–Crippen MR) is 78.2 cm³/mol. The van der Waals surface area contributed by atoms with E-state index in [4.69, 9.17) is 23.2 Å². The van der Waals surface area contributed by atoms with Crippen molar-refractivity contribution in [1.29, 1.82) is 0 Å². The van der Waals surface area contributed by atoms with Crippen molar-refractivity contribution < 1.29 is 0 Å². The lowest BCUT2D eigenvalue weighted by Gasteiger charge is -2.34. The van der Waals surface area contributed by atoms with Crippen LogP contribution in [0.25, 0.3) is 0 Å². The largest absolute Gasteiger partial charge is 0.299 e. The molecule has 1 aromatic rings. The number of halogens is 3. The van der Waals surface area contributed by atoms with E-state index in [1.807, 2.05) is 18.2 Å². The van der Waals surface area contributed by atoms with E-state index in [2.05, 4.69) is 27.8 Å². The van der Waals surface area contributed by atoms with Gasteiger partial charge in [0.15, 0.2) is 0 Å². The van der Waals surface area contributed by atoms with Gasteiger partial charge in [0, 0.05) is 28.0 Å². The SMILES string of the molecule is CC1CN(Cc2ccc(Cl)cc2Cl)CCC1Br. The molecule has 2 rings (SSSR count). The summed E-state index contributed by atoms with van der Waals surface area (Å²) in [6, 6.07) is 5.75. The van der Waals surface area contributed by atoms with Gasteiger partial charge in [0.05, 0.1) is 0 Å². The zero-order valence-electron chi connectivity index (χ0n) is 9.80. The van der Waals surface area contributed by atoms with Crippen molar-refractivity contribution in [3.05, 3.63) is 33.8 Å². The zero-order valence-corrected chi connectivity index (χ0v) is 12.9. The molecule has 0 aliphatic carbocycles. The molecule has 94 valence electrons. The molecule has 4 heteroatoms. The summed E-state index contributed by atoms with van der Waals surface area (Å²) in [7, 11) is 0. The summed E-state index contributed by atoms with van der Waals surface area (Å²) in [5.74, 6) is 0.690. The molecular formula is C13H16BrCl2N. The molecule has 1 heterocycles. The van der Waals surface area contributed by atoms with Gasteiger partial charge in [-0.25, -0.2) is 0 Å². The Morgan fingerprint density at radius 1 is 1.41 bits per heavy atom. The summed E-state index contributed by atoms with van der Waals surface area (Å²) in [6.45, 7) is 5.45. The fourth-order valence-electron chi connectivity index (χ4n) is 2.24. The van der Waals surface area contributed by atoms with E-state index in [9.17, 15) is 0 Å². The first-order valence-electron chi connectivity index (χ1n) is 5.86. The van der Waals surface area contributed by atoms with Crippen LogP contribution in [-0.2, 0) is 6.54 Å². The highest BCUT2D eigenvalue weighted by atomic mass is 79.9. The third kappa shape index (κ3) is 3.60. The van der Waals surface area contributed by atoms with E-state index in [1.54, 1.807) is 0 Å². The molecule has 1 nitrogen and oxygen atoms in total. The third-order valence-corrected chi connectivity index (χ3v) is 5.24. The lowest BCUT2D eigenvalue weighted by Crippen LogP contribution is -2.39. The topological polar surface area (TPSA) is 3.24 Å². The fraction of sp³-hybridized carbons (Fsp3) is 0.538. The van der Waals surface area contributed by atoms with E-state index < -0.39 is 0 Å². The highest BCUT2D eigenvalue weighted by molar-refractivity contribution is 9.09. The number of benzene rings is 1. The van der Waals surface area contributed by atoms with Crippen LogP contribution in [0, 0.1) is 5.92 Å². The smallest absolute Gasteiger partial charge is 0.0465 e. The van der Waals surface area contributed by atoms with Crippen molar-refractivity contribution in [2.45, 2.75) is 24.7 Å². The van der Waals surface area contributed by atoms with Gasteiger partial charge in [-0.05, 0) is 36.6 Å². The Kier molecular flexibility index (Phi) is 4.76. The number of hydrogen-bond acceptors (Lipinski definition) is 1. The fourth-order valence-corrected chi connectivity index (χ4v) is 3.08. The van der Waals surface area contributed by atoms with Crippen LogP contribution in [-0.4, -0.2) is 22.8 Å². The molecule has 0 aromatic heterocycles. The van der Waals surface area contributed by atoms with Crippen molar-refractivity contribution >= 4 is 39.1 Å². The first-order valence-corrected chi connectivity index (χ1v) is 7.54. The molecule has 0 radical (unpaired) electrons. The predicted octanol–water partition coefficient (Wildman–Crippen LogP) is 4.60. The van der Waals surface area contributed by atoms with Crippen LogP contribution in [0.4, 0.5) is 0 Å². The average Bonchev–Trinajstić information content (AvgIpc) is 2.27. The summed E-state index contributed by atoms with van der Waals surface area (Å²) in [5.41, 5.74) is 1.16. The molecule has 17 heavy (non-hydrogen) atoms. The summed E-state index contributed by atoms with van der Waals surface area (Å²) < 4.78 is 0. The Hall–Kier alpha value is 0.240. The van der Waals surface area contributed by atoms with Crippen molar-refractivity contribution in [3.63, 3.8) is 0 Å². The molecule has 1 aliphatic heterocycles. The molecule has 1 aromatic carbocycles. The summed E-state index contributed by atoms with van der Waals surface area (Å²) in [6.07, 6.45) is 1.20. The van der Waals surface area contributed by atoms with Gasteiger partial charge in [-0.3, -0.25) is 4.90 Å². The second-order valence-electron chi connectivity index (χ2n) is 4.75. The molecule has 1 fully saturated rings. The van der Waals surface area contributed by atoms with Crippen LogP contribution < -0.4 is 0 Å². The third-order valence-electron chi connectivity index (χ3n) is 3.29. The van der Waals surface area contributed by atoms with Crippen LogP contribution in [0.2, 0.25) is 10.0 Å². The highest BCUT2D eigenvalue weighted by Gasteiger charge is 2.24. The van der Waals surface area contributed by atoms with Crippen LogP contribution >= 0.6 is 39.1 Å². The Morgan fingerprint density at radius 2 is 2.18 bits per heavy atom. The number of nitrogens with zero attached hydrogens (tertiary/aromatic N) is 1. The number of likely N-dealkylation sites (tertiary alicyclic amines) is 1. The van der Waals surface area contributed by atoms with Crippen LogP contribution in [0.15, 0.2) is 18.2 Å². The second kappa shape index (κ2) is 5.92. The highest BCUT2D eigenvalue weighted by Crippen LogP contribution is 2.27. The molecule has 0 spiro atoms. The molecule has 1 aliphatic rings. The minimum absolute atomic E-state index is 0.652. The monoisotopic (exact) mass is 335 g/mol. The zero-order chi connectivity index (χ0) is 12.4. The van der Waals surface area contributed by atoms with Crippen molar-refractivity contribution in [2.75, 3.05) is 13.1 Å². The molecule has 0 amide bonds. The summed E-state index contributed by atoms with van der Waals surface area (Å²) >= 11 is 15.8. The number of alkyl halides is 1. The molecule has 0 bridgehead atoms. The molecule has 0 N–H and O–H groups in total. The average molecular weight is 337 g/mol. The Bertz CT molecular complexity index is 397. The molecule has 1 saturated heterocycles. The van der Waals surface area contributed by atoms with Gasteiger partial charge in [-0.2, -0.15) is 0 Å². The van der Waals surface area contributed by atoms with Crippen LogP contribution in [0.1, 0.15) is 18.9 Å². The summed E-state index contributed by atoms with van der Waals surface area (Å²) in [5, 5.41) is 1.47. The van der Waals surface area contributed by atoms with E-state index in [0.29, 0.717) is 15.8 Å². The van der Waals surface area contributed by atoms with Gasteiger partial charge in [0.25, 0.3) is 0 Å². The number of hydrogen-bond donors (Lipinski definition) is 0. The lowest BCUT2D eigenvalue weighted by atomic mass is 9.99. The second-order valence-corrected chi connectivity index (χ2v) is 6.77. The Balaban J connectivity index is 2.01. The maximum Gasteiger partial charge on any atom is 0.0465 e. The minimum Gasteiger partial charge on any atom is -0.299 e. The lowest BCUT2D eigenvalue weighted by molar-refractivity contribution is 0.183. The van der Waals surface area contributed by atoms with E-state index in [-0.39, 0.29) is 0 Å². The van der Waals surface area contributed by atoms with Gasteiger partial charge in [0.2, 0.25) is 0 Å². The standard InChI is InChI=1S/C13H16BrCl2N/c1-9-7-17(5-4-12(9)14)8-10-2-3-11(15)6-13(10)16/h2-3,6,9,12H,4-5,7-8H2,1H3. The van der Waals surface area contributed by atoms with Crippen molar-refractivity contribution in [1.82, 2.24) is 4.90 Å². The van der Waals surface area contributed by atoms with Gasteiger partial charge in [-0.1, -0.05) is 52.1 Å². The molecule has 2 unspecified atom stereocenters. The molecular weight excluding hydrogens is 321 g/mol. The van der Waals surface area contributed by atoms with Crippen molar-refractivity contribution in [2.24, 2.45) is 5.92 Å². The number of piperidine rings is 1. The Labute approximate surface area is 121 Å². The molecule has 0 saturated carbocycles. The van der Waals surface area contributed by atoms with Crippen molar-refractivity contribution in [3.8, 4) is 0 Å². The van der Waals surface area contributed by atoms with Gasteiger partial charge >= 0.3 is 0 Å². The first-order chi connectivity index (χ1) is 8.06.